The average Bonchev–Trinajstić information content (AvgIpc) is 2.01. The summed E-state index contributed by atoms with van der Waals surface area (Å²) in [6.45, 7) is 3.74. The van der Waals surface area contributed by atoms with Gasteiger partial charge in [0.25, 0.3) is 0 Å². The molecule has 0 aliphatic carbocycles. The average molecular weight is 222 g/mol. The second-order valence-corrected chi connectivity index (χ2v) is 4.41. The number of alkyl halides is 1. The molecule has 1 fully saturated rings. The number of piperidine rings is 1. The first kappa shape index (κ1) is 9.49. The van der Waals surface area contributed by atoms with Crippen molar-refractivity contribution in [3.8, 4) is 0 Å². The minimum absolute atomic E-state index is 0.323. The Morgan fingerprint density at radius 1 is 1.55 bits per heavy atom. The SMILES string of the molecule is OCCCN1CCCC(Br)C1. The molecule has 3 heteroatoms. The van der Waals surface area contributed by atoms with Gasteiger partial charge < -0.3 is 10.0 Å². The van der Waals surface area contributed by atoms with E-state index in [1.165, 1.54) is 19.4 Å². The molecule has 1 saturated heterocycles. The van der Waals surface area contributed by atoms with Gasteiger partial charge in [0.1, 0.15) is 0 Å². The summed E-state index contributed by atoms with van der Waals surface area (Å²) in [7, 11) is 0. The molecule has 11 heavy (non-hydrogen) atoms. The molecule has 1 rings (SSSR count). The van der Waals surface area contributed by atoms with Crippen molar-refractivity contribution in [2.75, 3.05) is 26.2 Å². The Kier molecular flexibility index (Phi) is 4.41. The van der Waals surface area contributed by atoms with Crippen molar-refractivity contribution in [1.29, 1.82) is 0 Å². The fourth-order valence-corrected chi connectivity index (χ4v) is 2.23. The van der Waals surface area contributed by atoms with Gasteiger partial charge >= 0.3 is 0 Å². The van der Waals surface area contributed by atoms with Crippen molar-refractivity contribution in [3.05, 3.63) is 0 Å². The number of likely N-dealkylation sites (tertiary alicyclic amines) is 1. The molecule has 0 bridgehead atoms. The maximum Gasteiger partial charge on any atom is 0.0443 e. The molecule has 1 aliphatic heterocycles. The van der Waals surface area contributed by atoms with Crippen LogP contribution in [0.25, 0.3) is 0 Å². The lowest BCUT2D eigenvalue weighted by Crippen LogP contribution is -2.36. The van der Waals surface area contributed by atoms with Crippen LogP contribution in [0.1, 0.15) is 19.3 Å². The van der Waals surface area contributed by atoms with Gasteiger partial charge in [0, 0.05) is 24.5 Å². The maximum atomic E-state index is 8.62. The predicted molar refractivity (Wildman–Crippen MR) is 50.1 cm³/mol. The molecule has 0 saturated carbocycles. The Hall–Kier alpha value is 0.400. The van der Waals surface area contributed by atoms with E-state index in [4.69, 9.17) is 5.11 Å². The molecule has 0 radical (unpaired) electrons. The number of aliphatic hydroxyl groups is 1. The van der Waals surface area contributed by atoms with Gasteiger partial charge in [0.2, 0.25) is 0 Å². The maximum absolute atomic E-state index is 8.62. The first-order valence-electron chi connectivity index (χ1n) is 4.30. The second kappa shape index (κ2) is 5.12. The molecular formula is C8H16BrNO. The Morgan fingerprint density at radius 2 is 2.36 bits per heavy atom. The highest BCUT2D eigenvalue weighted by atomic mass is 79.9. The molecule has 0 aromatic carbocycles. The standard InChI is InChI=1S/C8H16BrNO/c9-8-3-1-4-10(7-8)5-2-6-11/h8,11H,1-7H2. The third kappa shape index (κ3) is 3.54. The zero-order valence-electron chi connectivity index (χ0n) is 6.80. The minimum atomic E-state index is 0.323. The van der Waals surface area contributed by atoms with Crippen LogP contribution in [0, 0.1) is 0 Å². The monoisotopic (exact) mass is 221 g/mol. The molecule has 66 valence electrons. The van der Waals surface area contributed by atoms with Gasteiger partial charge in [0.05, 0.1) is 0 Å². The summed E-state index contributed by atoms with van der Waals surface area (Å²) in [5, 5.41) is 8.62. The van der Waals surface area contributed by atoms with Crippen LogP contribution in [0.5, 0.6) is 0 Å². The van der Waals surface area contributed by atoms with Gasteiger partial charge in [-0.3, -0.25) is 0 Å². The summed E-state index contributed by atoms with van der Waals surface area (Å²) < 4.78 is 0. The summed E-state index contributed by atoms with van der Waals surface area (Å²) in [5.41, 5.74) is 0. The van der Waals surface area contributed by atoms with E-state index in [0.29, 0.717) is 11.4 Å². The lowest BCUT2D eigenvalue weighted by Gasteiger charge is -2.29. The van der Waals surface area contributed by atoms with Gasteiger partial charge in [-0.05, 0) is 25.8 Å². The molecule has 1 N–H and O–H groups in total. The van der Waals surface area contributed by atoms with E-state index in [1.807, 2.05) is 0 Å². The van der Waals surface area contributed by atoms with Crippen LogP contribution in [-0.2, 0) is 0 Å². The summed E-state index contributed by atoms with van der Waals surface area (Å²) in [6, 6.07) is 0. The number of halogens is 1. The molecule has 1 unspecified atom stereocenters. The molecular weight excluding hydrogens is 206 g/mol. The number of hydrogen-bond donors (Lipinski definition) is 1. The smallest absolute Gasteiger partial charge is 0.0443 e. The third-order valence-corrected chi connectivity index (χ3v) is 2.83. The van der Waals surface area contributed by atoms with Crippen LogP contribution < -0.4 is 0 Å². The molecule has 2 nitrogen and oxygen atoms in total. The number of hydrogen-bond acceptors (Lipinski definition) is 2. The molecule has 1 aliphatic rings. The number of rotatable bonds is 3. The highest BCUT2D eigenvalue weighted by Gasteiger charge is 2.16. The van der Waals surface area contributed by atoms with Gasteiger partial charge in [0.15, 0.2) is 0 Å². The highest BCUT2D eigenvalue weighted by molar-refractivity contribution is 9.09. The lowest BCUT2D eigenvalue weighted by atomic mass is 10.1. The Labute approximate surface area is 76.7 Å². The van der Waals surface area contributed by atoms with Gasteiger partial charge in [-0.25, -0.2) is 0 Å². The second-order valence-electron chi connectivity index (χ2n) is 3.12. The third-order valence-electron chi connectivity index (χ3n) is 2.08. The van der Waals surface area contributed by atoms with Gasteiger partial charge in [-0.1, -0.05) is 15.9 Å². The zero-order chi connectivity index (χ0) is 8.10. The normalized spacial score (nSPS) is 27.3. The molecule has 0 spiro atoms. The van der Waals surface area contributed by atoms with Gasteiger partial charge in [-0.15, -0.1) is 0 Å². The van der Waals surface area contributed by atoms with E-state index in [0.717, 1.165) is 19.5 Å². The van der Waals surface area contributed by atoms with Crippen molar-refractivity contribution in [2.24, 2.45) is 0 Å². The molecule has 0 aromatic rings. The van der Waals surface area contributed by atoms with E-state index in [9.17, 15) is 0 Å². The number of nitrogens with zero attached hydrogens (tertiary/aromatic N) is 1. The van der Waals surface area contributed by atoms with Crippen molar-refractivity contribution in [2.45, 2.75) is 24.1 Å². The van der Waals surface area contributed by atoms with Crippen molar-refractivity contribution in [3.63, 3.8) is 0 Å². The first-order chi connectivity index (χ1) is 5.33. The largest absolute Gasteiger partial charge is 0.396 e. The molecule has 0 aromatic heterocycles. The van der Waals surface area contributed by atoms with Crippen LogP contribution in [0.2, 0.25) is 0 Å². The highest BCUT2D eigenvalue weighted by Crippen LogP contribution is 2.16. The summed E-state index contributed by atoms with van der Waals surface area (Å²) in [5.74, 6) is 0. The zero-order valence-corrected chi connectivity index (χ0v) is 8.39. The topological polar surface area (TPSA) is 23.5 Å². The fraction of sp³-hybridized carbons (Fsp3) is 1.00. The van der Waals surface area contributed by atoms with Crippen LogP contribution in [-0.4, -0.2) is 41.1 Å². The summed E-state index contributed by atoms with van der Waals surface area (Å²) in [6.07, 6.45) is 3.51. The van der Waals surface area contributed by atoms with E-state index >= 15 is 0 Å². The predicted octanol–water partition coefficient (Wildman–Crippen LogP) is 1.23. The lowest BCUT2D eigenvalue weighted by molar-refractivity contribution is 0.203. The van der Waals surface area contributed by atoms with E-state index in [-0.39, 0.29) is 0 Å². The minimum Gasteiger partial charge on any atom is -0.396 e. The quantitative estimate of drug-likeness (QED) is 0.726. The van der Waals surface area contributed by atoms with Crippen molar-refractivity contribution >= 4 is 15.9 Å². The Balaban J connectivity index is 2.12. The molecule has 1 atom stereocenters. The number of aliphatic hydroxyl groups excluding tert-OH is 1. The van der Waals surface area contributed by atoms with Crippen molar-refractivity contribution < 1.29 is 5.11 Å². The Bertz CT molecular complexity index is 110. The van der Waals surface area contributed by atoms with Crippen LogP contribution in [0.4, 0.5) is 0 Å². The Morgan fingerprint density at radius 3 is 3.00 bits per heavy atom. The van der Waals surface area contributed by atoms with E-state index in [1.54, 1.807) is 0 Å². The van der Waals surface area contributed by atoms with Gasteiger partial charge in [-0.2, -0.15) is 0 Å². The van der Waals surface area contributed by atoms with Crippen LogP contribution in [0.15, 0.2) is 0 Å². The fourth-order valence-electron chi connectivity index (χ4n) is 1.50. The van der Waals surface area contributed by atoms with Crippen molar-refractivity contribution in [1.82, 2.24) is 4.90 Å². The summed E-state index contributed by atoms with van der Waals surface area (Å²) >= 11 is 3.62. The first-order valence-corrected chi connectivity index (χ1v) is 5.22. The molecule has 1 heterocycles. The van der Waals surface area contributed by atoms with E-state index in [2.05, 4.69) is 20.8 Å². The van der Waals surface area contributed by atoms with Crippen LogP contribution in [0.3, 0.4) is 0 Å². The summed E-state index contributed by atoms with van der Waals surface area (Å²) in [4.78, 5) is 3.09. The molecule has 0 amide bonds. The van der Waals surface area contributed by atoms with Crippen LogP contribution >= 0.6 is 15.9 Å². The van der Waals surface area contributed by atoms with E-state index < -0.39 is 0 Å².